The number of anilines is 2. The van der Waals surface area contributed by atoms with Gasteiger partial charge in [-0.2, -0.15) is 0 Å². The Morgan fingerprint density at radius 1 is 1.17 bits per heavy atom. The van der Waals surface area contributed by atoms with Crippen molar-refractivity contribution in [3.8, 4) is 0 Å². The Morgan fingerprint density at radius 3 is 2.48 bits per heavy atom. The zero-order valence-corrected chi connectivity index (χ0v) is 14.9. The standard InChI is InChI=1S/C18H22ClN3O/c1-11-8-12(2)16(14(19)9-11)21-13-6-7-20-15(10-13)17(23)22-18(3,4)5/h6-10H,1-5H3,(H,20,21)(H,22,23). The van der Waals surface area contributed by atoms with Crippen LogP contribution in [0.4, 0.5) is 11.4 Å². The monoisotopic (exact) mass is 331 g/mol. The molecule has 122 valence electrons. The van der Waals surface area contributed by atoms with Gasteiger partial charge in [-0.05, 0) is 63.9 Å². The SMILES string of the molecule is Cc1cc(C)c(Nc2ccnc(C(=O)NC(C)(C)C)c2)c(Cl)c1. The van der Waals surface area contributed by atoms with Crippen molar-refractivity contribution in [3.05, 3.63) is 52.3 Å². The van der Waals surface area contributed by atoms with E-state index in [9.17, 15) is 4.79 Å². The molecule has 5 heteroatoms. The Hall–Kier alpha value is -2.07. The molecule has 0 saturated carbocycles. The first kappa shape index (κ1) is 17.3. The normalized spacial score (nSPS) is 11.2. The number of hydrogen-bond donors (Lipinski definition) is 2. The lowest BCUT2D eigenvalue weighted by molar-refractivity contribution is 0.0914. The van der Waals surface area contributed by atoms with Gasteiger partial charge in [0.25, 0.3) is 5.91 Å². The highest BCUT2D eigenvalue weighted by molar-refractivity contribution is 6.33. The van der Waals surface area contributed by atoms with E-state index in [0.717, 1.165) is 22.5 Å². The fraction of sp³-hybridized carbons (Fsp3) is 0.333. The van der Waals surface area contributed by atoms with Crippen molar-refractivity contribution in [3.63, 3.8) is 0 Å². The third-order valence-electron chi connectivity index (χ3n) is 3.18. The van der Waals surface area contributed by atoms with E-state index in [1.54, 1.807) is 12.3 Å². The molecule has 2 aromatic rings. The van der Waals surface area contributed by atoms with Crippen molar-refractivity contribution in [2.24, 2.45) is 0 Å². The smallest absolute Gasteiger partial charge is 0.270 e. The van der Waals surface area contributed by atoms with Crippen molar-refractivity contribution in [1.82, 2.24) is 10.3 Å². The summed E-state index contributed by atoms with van der Waals surface area (Å²) < 4.78 is 0. The summed E-state index contributed by atoms with van der Waals surface area (Å²) in [5.74, 6) is -0.201. The van der Waals surface area contributed by atoms with Crippen LogP contribution in [0.25, 0.3) is 0 Å². The van der Waals surface area contributed by atoms with Crippen LogP contribution >= 0.6 is 11.6 Å². The third-order valence-corrected chi connectivity index (χ3v) is 3.48. The van der Waals surface area contributed by atoms with Crippen LogP contribution in [0.3, 0.4) is 0 Å². The van der Waals surface area contributed by atoms with Crippen LogP contribution in [0.5, 0.6) is 0 Å². The molecule has 23 heavy (non-hydrogen) atoms. The maximum atomic E-state index is 12.2. The number of amides is 1. The second-order valence-corrected chi connectivity index (χ2v) is 7.10. The van der Waals surface area contributed by atoms with E-state index in [2.05, 4.69) is 21.7 Å². The van der Waals surface area contributed by atoms with Crippen LogP contribution in [0.2, 0.25) is 5.02 Å². The summed E-state index contributed by atoms with van der Waals surface area (Å²) in [5, 5.41) is 6.83. The van der Waals surface area contributed by atoms with Gasteiger partial charge in [-0.25, -0.2) is 0 Å². The molecular weight excluding hydrogens is 310 g/mol. The summed E-state index contributed by atoms with van der Waals surface area (Å²) in [7, 11) is 0. The van der Waals surface area contributed by atoms with Crippen molar-refractivity contribution in [1.29, 1.82) is 0 Å². The minimum absolute atomic E-state index is 0.201. The molecule has 1 heterocycles. The Labute approximate surface area is 142 Å². The average Bonchev–Trinajstić information content (AvgIpc) is 2.41. The largest absolute Gasteiger partial charge is 0.354 e. The molecule has 0 spiro atoms. The maximum absolute atomic E-state index is 12.2. The number of halogens is 1. The quantitative estimate of drug-likeness (QED) is 0.862. The van der Waals surface area contributed by atoms with E-state index in [1.165, 1.54) is 0 Å². The van der Waals surface area contributed by atoms with E-state index in [4.69, 9.17) is 11.6 Å². The predicted molar refractivity (Wildman–Crippen MR) is 95.7 cm³/mol. The summed E-state index contributed by atoms with van der Waals surface area (Å²) in [5.41, 5.74) is 3.83. The molecule has 2 rings (SSSR count). The first-order chi connectivity index (χ1) is 10.7. The molecule has 0 saturated heterocycles. The molecule has 4 nitrogen and oxygen atoms in total. The van der Waals surface area contributed by atoms with Gasteiger partial charge in [-0.15, -0.1) is 0 Å². The second-order valence-electron chi connectivity index (χ2n) is 6.70. The lowest BCUT2D eigenvalue weighted by atomic mass is 10.1. The summed E-state index contributed by atoms with van der Waals surface area (Å²) >= 11 is 6.32. The van der Waals surface area contributed by atoms with Gasteiger partial charge in [0.2, 0.25) is 0 Å². The maximum Gasteiger partial charge on any atom is 0.270 e. The predicted octanol–water partition coefficient (Wildman–Crippen LogP) is 4.62. The van der Waals surface area contributed by atoms with E-state index in [0.29, 0.717) is 10.7 Å². The summed E-state index contributed by atoms with van der Waals surface area (Å²) in [6.07, 6.45) is 1.61. The van der Waals surface area contributed by atoms with E-state index in [-0.39, 0.29) is 11.4 Å². The van der Waals surface area contributed by atoms with Crippen molar-refractivity contribution in [2.75, 3.05) is 5.32 Å². The highest BCUT2D eigenvalue weighted by atomic mass is 35.5. The molecule has 0 aliphatic rings. The Balaban J connectivity index is 2.26. The third kappa shape index (κ3) is 4.70. The minimum Gasteiger partial charge on any atom is -0.354 e. The number of pyridine rings is 1. The molecule has 1 aromatic heterocycles. The number of carbonyl (C=O) groups excluding carboxylic acids is 1. The zero-order valence-electron chi connectivity index (χ0n) is 14.1. The fourth-order valence-electron chi connectivity index (χ4n) is 2.26. The number of aryl methyl sites for hydroxylation is 2. The molecule has 0 radical (unpaired) electrons. The molecule has 0 aliphatic carbocycles. The van der Waals surface area contributed by atoms with Gasteiger partial charge in [-0.3, -0.25) is 9.78 Å². The molecule has 2 N–H and O–H groups in total. The van der Waals surface area contributed by atoms with Gasteiger partial charge < -0.3 is 10.6 Å². The van der Waals surface area contributed by atoms with E-state index < -0.39 is 0 Å². The van der Waals surface area contributed by atoms with Gasteiger partial charge in [-0.1, -0.05) is 17.7 Å². The molecule has 0 aliphatic heterocycles. The Morgan fingerprint density at radius 2 is 1.87 bits per heavy atom. The van der Waals surface area contributed by atoms with Crippen LogP contribution in [-0.4, -0.2) is 16.4 Å². The first-order valence-corrected chi connectivity index (χ1v) is 7.86. The molecule has 1 aromatic carbocycles. The van der Waals surface area contributed by atoms with Gasteiger partial charge in [0.15, 0.2) is 0 Å². The topological polar surface area (TPSA) is 54.0 Å². The van der Waals surface area contributed by atoms with Gasteiger partial charge in [0.05, 0.1) is 10.7 Å². The molecule has 1 amide bonds. The number of nitrogens with zero attached hydrogens (tertiary/aromatic N) is 1. The average molecular weight is 332 g/mol. The summed E-state index contributed by atoms with van der Waals surface area (Å²) in [6.45, 7) is 9.80. The van der Waals surface area contributed by atoms with Gasteiger partial charge in [0.1, 0.15) is 5.69 Å². The molecule has 0 atom stereocenters. The summed E-state index contributed by atoms with van der Waals surface area (Å²) in [6, 6.07) is 7.49. The van der Waals surface area contributed by atoms with Crippen LogP contribution < -0.4 is 10.6 Å². The molecule has 0 bridgehead atoms. The van der Waals surface area contributed by atoms with E-state index in [1.807, 2.05) is 46.8 Å². The van der Waals surface area contributed by atoms with Gasteiger partial charge in [0, 0.05) is 17.4 Å². The summed E-state index contributed by atoms with van der Waals surface area (Å²) in [4.78, 5) is 16.4. The number of aromatic nitrogens is 1. The molecule has 0 fully saturated rings. The molecular formula is C18H22ClN3O. The van der Waals surface area contributed by atoms with Crippen molar-refractivity contribution in [2.45, 2.75) is 40.2 Å². The lowest BCUT2D eigenvalue weighted by Crippen LogP contribution is -2.40. The number of nitrogens with one attached hydrogen (secondary N) is 2. The van der Waals surface area contributed by atoms with Crippen LogP contribution in [0.1, 0.15) is 42.4 Å². The Kier molecular flexibility index (Phi) is 4.95. The number of benzene rings is 1. The first-order valence-electron chi connectivity index (χ1n) is 7.48. The van der Waals surface area contributed by atoms with Crippen molar-refractivity contribution < 1.29 is 4.79 Å². The van der Waals surface area contributed by atoms with Gasteiger partial charge >= 0.3 is 0 Å². The molecule has 0 unspecified atom stereocenters. The number of rotatable bonds is 3. The lowest BCUT2D eigenvalue weighted by Gasteiger charge is -2.20. The zero-order chi connectivity index (χ0) is 17.2. The van der Waals surface area contributed by atoms with Crippen LogP contribution in [-0.2, 0) is 0 Å². The van der Waals surface area contributed by atoms with Crippen LogP contribution in [0.15, 0.2) is 30.5 Å². The second kappa shape index (κ2) is 6.59. The highest BCUT2D eigenvalue weighted by Gasteiger charge is 2.16. The van der Waals surface area contributed by atoms with Crippen LogP contribution in [0, 0.1) is 13.8 Å². The minimum atomic E-state index is -0.306. The number of carbonyl (C=O) groups is 1. The van der Waals surface area contributed by atoms with E-state index >= 15 is 0 Å². The number of hydrogen-bond acceptors (Lipinski definition) is 3. The fourth-order valence-corrected chi connectivity index (χ4v) is 2.62. The highest BCUT2D eigenvalue weighted by Crippen LogP contribution is 2.30. The Bertz CT molecular complexity index is 712. The van der Waals surface area contributed by atoms with Crippen molar-refractivity contribution >= 4 is 28.9 Å².